The van der Waals surface area contributed by atoms with Crippen molar-refractivity contribution in [3.63, 3.8) is 0 Å². The molecule has 0 saturated heterocycles. The van der Waals surface area contributed by atoms with Gasteiger partial charge in [0.15, 0.2) is 5.60 Å². The molecule has 0 unspecified atom stereocenters. The lowest BCUT2D eigenvalue weighted by atomic mass is 10.1. The maximum atomic E-state index is 11.4. The van der Waals surface area contributed by atoms with E-state index >= 15 is 0 Å². The number of carboxylic acid groups (broad SMARTS) is 1. The third-order valence-electron chi connectivity index (χ3n) is 1.94. The van der Waals surface area contributed by atoms with E-state index in [1.54, 1.807) is 0 Å². The van der Waals surface area contributed by atoms with E-state index in [1.807, 2.05) is 0 Å². The molecule has 0 bridgehead atoms. The van der Waals surface area contributed by atoms with Crippen molar-refractivity contribution in [3.05, 3.63) is 23.8 Å². The lowest BCUT2D eigenvalue weighted by molar-refractivity contribution is -0.151. The number of rotatable bonds is 3. The number of aromatic carboxylic acids is 1. The largest absolute Gasteiger partial charge is 0.478 e. The summed E-state index contributed by atoms with van der Waals surface area (Å²) in [5.74, 6) is -2.36. The van der Waals surface area contributed by atoms with Gasteiger partial charge in [0.1, 0.15) is 11.3 Å². The average Bonchev–Trinajstić information content (AvgIpc) is 2.18. The number of anilines is 1. The van der Waals surface area contributed by atoms with Crippen molar-refractivity contribution in [1.82, 2.24) is 0 Å². The molecule has 1 rings (SSSR count). The number of esters is 1. The Kier molecular flexibility index (Phi) is 3.38. The first kappa shape index (κ1) is 13.0. The molecule has 0 radical (unpaired) electrons. The second-order valence-corrected chi connectivity index (χ2v) is 4.01. The first-order valence-electron chi connectivity index (χ1n) is 4.79. The lowest BCUT2D eigenvalue weighted by Crippen LogP contribution is -2.35. The van der Waals surface area contributed by atoms with Crippen LogP contribution in [-0.2, 0) is 4.79 Å². The molecular weight excluding hydrogens is 226 g/mol. The Morgan fingerprint density at radius 3 is 2.41 bits per heavy atom. The third-order valence-corrected chi connectivity index (χ3v) is 1.94. The van der Waals surface area contributed by atoms with Gasteiger partial charge in [-0.3, -0.25) is 0 Å². The van der Waals surface area contributed by atoms with Crippen LogP contribution in [-0.4, -0.2) is 27.8 Å². The number of aliphatic hydroxyl groups is 1. The van der Waals surface area contributed by atoms with E-state index in [2.05, 4.69) is 0 Å². The summed E-state index contributed by atoms with van der Waals surface area (Å²) in [6.45, 7) is 2.49. The molecule has 0 aliphatic carbocycles. The van der Waals surface area contributed by atoms with Gasteiger partial charge in [-0.25, -0.2) is 9.59 Å². The Labute approximate surface area is 97.6 Å². The van der Waals surface area contributed by atoms with Gasteiger partial charge in [-0.15, -0.1) is 0 Å². The van der Waals surface area contributed by atoms with Crippen molar-refractivity contribution < 1.29 is 24.5 Å². The van der Waals surface area contributed by atoms with Gasteiger partial charge in [0.2, 0.25) is 0 Å². The molecule has 6 nitrogen and oxygen atoms in total. The van der Waals surface area contributed by atoms with Crippen LogP contribution in [0, 0.1) is 0 Å². The minimum atomic E-state index is -1.70. The number of benzene rings is 1. The van der Waals surface area contributed by atoms with Crippen molar-refractivity contribution in [1.29, 1.82) is 0 Å². The molecule has 6 heteroatoms. The van der Waals surface area contributed by atoms with Gasteiger partial charge in [-0.1, -0.05) is 0 Å². The van der Waals surface area contributed by atoms with Gasteiger partial charge < -0.3 is 20.7 Å². The van der Waals surface area contributed by atoms with Crippen LogP contribution in [0.15, 0.2) is 18.2 Å². The molecule has 0 spiro atoms. The highest BCUT2D eigenvalue weighted by molar-refractivity contribution is 5.93. The molecule has 0 heterocycles. The Morgan fingerprint density at radius 1 is 1.35 bits per heavy atom. The molecule has 0 atom stereocenters. The van der Waals surface area contributed by atoms with Crippen molar-refractivity contribution in [2.75, 3.05) is 5.73 Å². The summed E-state index contributed by atoms with van der Waals surface area (Å²) in [5, 5.41) is 18.3. The van der Waals surface area contributed by atoms with Gasteiger partial charge in [0.25, 0.3) is 0 Å². The number of nitrogens with two attached hydrogens (primary N) is 1. The second kappa shape index (κ2) is 4.42. The molecule has 17 heavy (non-hydrogen) atoms. The zero-order chi connectivity index (χ0) is 13.2. The summed E-state index contributed by atoms with van der Waals surface area (Å²) in [6.07, 6.45) is 0. The van der Waals surface area contributed by atoms with E-state index in [9.17, 15) is 14.7 Å². The average molecular weight is 239 g/mol. The SMILES string of the molecule is CC(C)(O)C(=O)Oc1ccc(N)cc1C(=O)O. The van der Waals surface area contributed by atoms with Gasteiger partial charge in [-0.05, 0) is 32.0 Å². The van der Waals surface area contributed by atoms with E-state index in [0.717, 1.165) is 0 Å². The van der Waals surface area contributed by atoms with Gasteiger partial charge in [0.05, 0.1) is 0 Å². The summed E-state index contributed by atoms with van der Waals surface area (Å²) in [6, 6.07) is 3.84. The fourth-order valence-electron chi connectivity index (χ4n) is 1.03. The Balaban J connectivity index is 3.07. The molecule has 0 aromatic heterocycles. The van der Waals surface area contributed by atoms with Crippen LogP contribution < -0.4 is 10.5 Å². The predicted molar refractivity (Wildman–Crippen MR) is 59.7 cm³/mol. The highest BCUT2D eigenvalue weighted by atomic mass is 16.6. The molecule has 0 aliphatic heterocycles. The number of hydrogen-bond acceptors (Lipinski definition) is 5. The van der Waals surface area contributed by atoms with Crippen molar-refractivity contribution in [3.8, 4) is 5.75 Å². The number of carbonyl (C=O) groups is 2. The smallest absolute Gasteiger partial charge is 0.342 e. The summed E-state index contributed by atoms with van der Waals surface area (Å²) < 4.78 is 4.80. The third kappa shape index (κ3) is 3.18. The predicted octanol–water partition coefficient (Wildman–Crippen LogP) is 0.643. The molecule has 92 valence electrons. The molecular formula is C11H13NO5. The van der Waals surface area contributed by atoms with Gasteiger partial charge >= 0.3 is 11.9 Å². The summed E-state index contributed by atoms with van der Waals surface area (Å²) >= 11 is 0. The molecule has 0 saturated carbocycles. The summed E-state index contributed by atoms with van der Waals surface area (Å²) in [4.78, 5) is 22.3. The monoisotopic (exact) mass is 239 g/mol. The van der Waals surface area contributed by atoms with Crippen molar-refractivity contribution in [2.24, 2.45) is 0 Å². The summed E-state index contributed by atoms with van der Waals surface area (Å²) in [7, 11) is 0. The summed E-state index contributed by atoms with van der Waals surface area (Å²) in [5.41, 5.74) is 3.74. The number of carboxylic acids is 1. The van der Waals surface area contributed by atoms with Crippen LogP contribution in [0.2, 0.25) is 0 Å². The maximum absolute atomic E-state index is 11.4. The zero-order valence-electron chi connectivity index (χ0n) is 9.43. The fraction of sp³-hybridized carbons (Fsp3) is 0.273. The molecule has 1 aromatic rings. The molecule has 0 aliphatic rings. The molecule has 0 amide bonds. The highest BCUT2D eigenvalue weighted by Gasteiger charge is 2.27. The van der Waals surface area contributed by atoms with E-state index in [0.29, 0.717) is 0 Å². The Hall–Kier alpha value is -2.08. The molecule has 1 aromatic carbocycles. The number of carbonyl (C=O) groups excluding carboxylic acids is 1. The number of nitrogen functional groups attached to an aromatic ring is 1. The van der Waals surface area contributed by atoms with Gasteiger partial charge in [0, 0.05) is 5.69 Å². The minimum Gasteiger partial charge on any atom is -0.478 e. The van der Waals surface area contributed by atoms with E-state index in [-0.39, 0.29) is 17.0 Å². The second-order valence-electron chi connectivity index (χ2n) is 4.01. The van der Waals surface area contributed by atoms with E-state index in [4.69, 9.17) is 15.6 Å². The molecule has 4 N–H and O–H groups in total. The lowest BCUT2D eigenvalue weighted by Gasteiger charge is -2.16. The fourth-order valence-corrected chi connectivity index (χ4v) is 1.03. The maximum Gasteiger partial charge on any atom is 0.342 e. The van der Waals surface area contributed by atoms with Crippen molar-refractivity contribution >= 4 is 17.6 Å². The normalized spacial score (nSPS) is 11.0. The van der Waals surface area contributed by atoms with Crippen LogP contribution >= 0.6 is 0 Å². The number of ether oxygens (including phenoxy) is 1. The Bertz CT molecular complexity index is 461. The quantitative estimate of drug-likeness (QED) is 0.405. The van der Waals surface area contributed by atoms with Crippen LogP contribution in [0.5, 0.6) is 5.75 Å². The number of hydrogen-bond donors (Lipinski definition) is 3. The van der Waals surface area contributed by atoms with Crippen LogP contribution in [0.1, 0.15) is 24.2 Å². The van der Waals surface area contributed by atoms with Crippen molar-refractivity contribution in [2.45, 2.75) is 19.4 Å². The highest BCUT2D eigenvalue weighted by Crippen LogP contribution is 2.22. The molecule has 0 fully saturated rings. The van der Waals surface area contributed by atoms with E-state index < -0.39 is 17.5 Å². The topological polar surface area (TPSA) is 110 Å². The van der Waals surface area contributed by atoms with Crippen LogP contribution in [0.25, 0.3) is 0 Å². The Morgan fingerprint density at radius 2 is 1.94 bits per heavy atom. The van der Waals surface area contributed by atoms with E-state index in [1.165, 1.54) is 32.0 Å². The van der Waals surface area contributed by atoms with Gasteiger partial charge in [-0.2, -0.15) is 0 Å². The first-order valence-corrected chi connectivity index (χ1v) is 4.79. The van der Waals surface area contributed by atoms with Crippen LogP contribution in [0.3, 0.4) is 0 Å². The minimum absolute atomic E-state index is 0.154. The first-order chi connectivity index (χ1) is 7.71. The van der Waals surface area contributed by atoms with Crippen LogP contribution in [0.4, 0.5) is 5.69 Å². The zero-order valence-corrected chi connectivity index (χ0v) is 9.43. The standard InChI is InChI=1S/C11H13NO5/c1-11(2,16)10(15)17-8-4-3-6(12)5-7(8)9(13)14/h3-5,16H,12H2,1-2H3,(H,13,14).